The van der Waals surface area contributed by atoms with E-state index in [1.807, 2.05) is 0 Å². The van der Waals surface area contributed by atoms with Crippen LogP contribution in [-0.4, -0.2) is 45.4 Å². The lowest BCUT2D eigenvalue weighted by Crippen LogP contribution is -2.43. The minimum Gasteiger partial charge on any atom is -0.391 e. The summed E-state index contributed by atoms with van der Waals surface area (Å²) < 4.78 is 0. The van der Waals surface area contributed by atoms with E-state index in [4.69, 9.17) is 17.3 Å². The fourth-order valence-electron chi connectivity index (χ4n) is 2.29. The highest BCUT2D eigenvalue weighted by molar-refractivity contribution is 6.35. The largest absolute Gasteiger partial charge is 0.391 e. The van der Waals surface area contributed by atoms with Crippen molar-refractivity contribution < 1.29 is 19.6 Å². The second-order valence-electron chi connectivity index (χ2n) is 4.66. The number of rotatable bonds is 3. The Labute approximate surface area is 124 Å². The van der Waals surface area contributed by atoms with Gasteiger partial charge in [0.15, 0.2) is 0 Å². The molecule has 1 fully saturated rings. The number of nitro benzene ring substituents is 1. The van der Waals surface area contributed by atoms with Gasteiger partial charge in [-0.2, -0.15) is 0 Å². The molecule has 21 heavy (non-hydrogen) atoms. The van der Waals surface area contributed by atoms with Gasteiger partial charge in [-0.05, 0) is 6.07 Å². The van der Waals surface area contributed by atoms with Gasteiger partial charge in [-0.25, -0.2) is 0 Å². The lowest BCUT2D eigenvalue weighted by Gasteiger charge is -2.22. The summed E-state index contributed by atoms with van der Waals surface area (Å²) in [6, 6.07) is 2.86. The summed E-state index contributed by atoms with van der Waals surface area (Å²) in [4.78, 5) is 34.9. The van der Waals surface area contributed by atoms with Crippen molar-refractivity contribution in [2.45, 2.75) is 18.6 Å². The Bertz CT molecular complexity index is 621. The van der Waals surface area contributed by atoms with Gasteiger partial charge in [0.05, 0.1) is 16.6 Å². The number of aliphatic hydroxyl groups excluding tert-OH is 1. The predicted molar refractivity (Wildman–Crippen MR) is 72.7 cm³/mol. The quantitative estimate of drug-likeness (QED) is 0.613. The highest BCUT2D eigenvalue weighted by Gasteiger charge is 2.39. The summed E-state index contributed by atoms with van der Waals surface area (Å²) >= 11 is 5.87. The number of aliphatic hydroxyl groups is 1. The van der Waals surface area contributed by atoms with Crippen LogP contribution in [0.2, 0.25) is 5.02 Å². The zero-order chi connectivity index (χ0) is 15.7. The van der Waals surface area contributed by atoms with Crippen LogP contribution in [0.15, 0.2) is 18.2 Å². The third-order valence-electron chi connectivity index (χ3n) is 3.27. The molecule has 0 spiro atoms. The van der Waals surface area contributed by atoms with Gasteiger partial charge in [0.1, 0.15) is 11.1 Å². The Morgan fingerprint density at radius 2 is 2.14 bits per heavy atom. The first-order chi connectivity index (χ1) is 9.82. The molecule has 9 heteroatoms. The number of benzene rings is 1. The van der Waals surface area contributed by atoms with Crippen LogP contribution in [0.1, 0.15) is 16.8 Å². The summed E-state index contributed by atoms with van der Waals surface area (Å²) in [7, 11) is 0. The van der Waals surface area contributed by atoms with E-state index >= 15 is 0 Å². The predicted octanol–water partition coefficient (Wildman–Crippen LogP) is 0.309. The number of nitrogens with zero attached hydrogens (tertiary/aromatic N) is 2. The first-order valence-electron chi connectivity index (χ1n) is 6.04. The number of hydrogen-bond donors (Lipinski definition) is 2. The first kappa shape index (κ1) is 15.2. The molecule has 0 radical (unpaired) electrons. The Hall–Kier alpha value is -2.19. The molecule has 3 N–H and O–H groups in total. The molecule has 2 unspecified atom stereocenters. The van der Waals surface area contributed by atoms with Crippen LogP contribution in [0.4, 0.5) is 5.69 Å². The van der Waals surface area contributed by atoms with Gasteiger partial charge in [-0.15, -0.1) is 0 Å². The van der Waals surface area contributed by atoms with Crippen molar-refractivity contribution in [1.82, 2.24) is 4.90 Å². The highest BCUT2D eigenvalue weighted by atomic mass is 35.5. The van der Waals surface area contributed by atoms with Crippen molar-refractivity contribution in [3.8, 4) is 0 Å². The van der Waals surface area contributed by atoms with Crippen LogP contribution in [0.5, 0.6) is 0 Å². The third kappa shape index (κ3) is 2.81. The molecule has 1 aliphatic heterocycles. The molecule has 1 aromatic rings. The molecule has 0 aliphatic carbocycles. The minimum absolute atomic E-state index is 0.0353. The lowest BCUT2D eigenvalue weighted by atomic mass is 10.1. The second kappa shape index (κ2) is 5.66. The summed E-state index contributed by atoms with van der Waals surface area (Å²) in [6.07, 6.45) is -0.836. The molecule has 1 saturated heterocycles. The maximum absolute atomic E-state index is 12.4. The Morgan fingerprint density at radius 3 is 2.71 bits per heavy atom. The Kier molecular flexibility index (Phi) is 4.10. The van der Waals surface area contributed by atoms with Gasteiger partial charge in [-0.3, -0.25) is 19.7 Å². The standard InChI is InChI=1S/C12H12ClN3O5/c13-10-7(2-1-3-8(10)16(20)21)12(19)15-5-6(17)4-9(15)11(14)18/h1-3,6,9,17H,4-5H2,(H2,14,18). The van der Waals surface area contributed by atoms with Crippen LogP contribution in [-0.2, 0) is 4.79 Å². The number of primary amides is 1. The van der Waals surface area contributed by atoms with Gasteiger partial charge in [-0.1, -0.05) is 17.7 Å². The second-order valence-corrected chi connectivity index (χ2v) is 5.04. The van der Waals surface area contributed by atoms with E-state index in [0.717, 1.165) is 4.90 Å². The van der Waals surface area contributed by atoms with Gasteiger partial charge in [0.25, 0.3) is 11.6 Å². The lowest BCUT2D eigenvalue weighted by molar-refractivity contribution is -0.384. The Balaban J connectivity index is 2.38. The minimum atomic E-state index is -0.956. The van der Waals surface area contributed by atoms with Crippen molar-refractivity contribution >= 4 is 29.1 Å². The fourth-order valence-corrected chi connectivity index (χ4v) is 2.56. The molecule has 0 saturated carbocycles. The fraction of sp³-hybridized carbons (Fsp3) is 0.333. The third-order valence-corrected chi connectivity index (χ3v) is 3.67. The number of nitrogens with two attached hydrogens (primary N) is 1. The van der Waals surface area contributed by atoms with E-state index in [0.29, 0.717) is 0 Å². The van der Waals surface area contributed by atoms with Crippen molar-refractivity contribution in [3.05, 3.63) is 38.9 Å². The van der Waals surface area contributed by atoms with Gasteiger partial charge < -0.3 is 15.7 Å². The van der Waals surface area contributed by atoms with E-state index in [1.165, 1.54) is 18.2 Å². The summed E-state index contributed by atoms with van der Waals surface area (Å²) in [5.74, 6) is -1.43. The number of carbonyl (C=O) groups excluding carboxylic acids is 2. The van der Waals surface area contributed by atoms with Crippen LogP contribution in [0, 0.1) is 10.1 Å². The molecule has 0 bridgehead atoms. The van der Waals surface area contributed by atoms with E-state index in [-0.39, 0.29) is 23.6 Å². The maximum Gasteiger partial charge on any atom is 0.288 e. The molecule has 0 aromatic heterocycles. The number of likely N-dealkylation sites (tertiary alicyclic amines) is 1. The van der Waals surface area contributed by atoms with Gasteiger partial charge in [0.2, 0.25) is 5.91 Å². The molecule has 1 aromatic carbocycles. The zero-order valence-corrected chi connectivity index (χ0v) is 11.5. The molecular formula is C12H12ClN3O5. The molecular weight excluding hydrogens is 302 g/mol. The molecule has 2 atom stereocenters. The van der Waals surface area contributed by atoms with E-state index < -0.39 is 34.6 Å². The number of halogens is 1. The molecule has 2 amide bonds. The molecule has 1 heterocycles. The average molecular weight is 314 g/mol. The highest BCUT2D eigenvalue weighted by Crippen LogP contribution is 2.30. The van der Waals surface area contributed by atoms with Crippen molar-refractivity contribution in [2.24, 2.45) is 5.73 Å². The van der Waals surface area contributed by atoms with E-state index in [1.54, 1.807) is 0 Å². The van der Waals surface area contributed by atoms with Crippen LogP contribution >= 0.6 is 11.6 Å². The number of carbonyl (C=O) groups is 2. The number of amides is 2. The SMILES string of the molecule is NC(=O)C1CC(O)CN1C(=O)c1cccc([N+](=O)[O-])c1Cl. The smallest absolute Gasteiger partial charge is 0.288 e. The molecule has 8 nitrogen and oxygen atoms in total. The van der Waals surface area contributed by atoms with Gasteiger partial charge in [0, 0.05) is 19.0 Å². The maximum atomic E-state index is 12.4. The molecule has 112 valence electrons. The van der Waals surface area contributed by atoms with E-state index in [9.17, 15) is 24.8 Å². The van der Waals surface area contributed by atoms with Gasteiger partial charge >= 0.3 is 0 Å². The summed E-state index contributed by atoms with van der Waals surface area (Å²) in [5, 5.41) is 20.1. The summed E-state index contributed by atoms with van der Waals surface area (Å²) in [6.45, 7) is -0.0779. The number of nitro groups is 1. The number of β-amino-alcohol motifs (C(OH)–C–C–N with tert-alkyl or cyclic N) is 1. The number of hydrogen-bond acceptors (Lipinski definition) is 5. The Morgan fingerprint density at radius 1 is 1.48 bits per heavy atom. The van der Waals surface area contributed by atoms with Crippen molar-refractivity contribution in [2.75, 3.05) is 6.54 Å². The normalized spacial score (nSPS) is 21.3. The first-order valence-corrected chi connectivity index (χ1v) is 6.42. The van der Waals surface area contributed by atoms with Crippen molar-refractivity contribution in [1.29, 1.82) is 0 Å². The van der Waals surface area contributed by atoms with Crippen molar-refractivity contribution in [3.63, 3.8) is 0 Å². The van der Waals surface area contributed by atoms with Crippen LogP contribution in [0.25, 0.3) is 0 Å². The van der Waals surface area contributed by atoms with Crippen LogP contribution in [0.3, 0.4) is 0 Å². The summed E-state index contributed by atoms with van der Waals surface area (Å²) in [5.41, 5.74) is 4.69. The van der Waals surface area contributed by atoms with Crippen LogP contribution < -0.4 is 5.73 Å². The zero-order valence-electron chi connectivity index (χ0n) is 10.7. The molecule has 1 aliphatic rings. The topological polar surface area (TPSA) is 127 Å². The average Bonchev–Trinajstić information content (AvgIpc) is 2.80. The monoisotopic (exact) mass is 313 g/mol. The molecule has 2 rings (SSSR count). The van der Waals surface area contributed by atoms with E-state index in [2.05, 4.69) is 0 Å².